The van der Waals surface area contributed by atoms with E-state index < -0.39 is 0 Å². The Morgan fingerprint density at radius 3 is 2.42 bits per heavy atom. The van der Waals surface area contributed by atoms with E-state index in [0.717, 1.165) is 5.56 Å². The molecule has 0 spiro atoms. The van der Waals surface area contributed by atoms with Crippen LogP contribution < -0.4 is 0 Å². The first-order chi connectivity index (χ1) is 5.54. The number of hydrogen-bond acceptors (Lipinski definition) is 3. The lowest BCUT2D eigenvalue weighted by Crippen LogP contribution is -1.99. The number of aryl methyl sites for hydroxylation is 2. The van der Waals surface area contributed by atoms with Crippen LogP contribution in [0.4, 0.5) is 5.69 Å². The van der Waals surface area contributed by atoms with Crippen molar-refractivity contribution in [3.63, 3.8) is 0 Å². The molecule has 0 radical (unpaired) electrons. The molecule has 0 aliphatic carbocycles. The van der Waals surface area contributed by atoms with Crippen LogP contribution in [0, 0.1) is 30.9 Å². The zero-order chi connectivity index (χ0) is 9.30. The van der Waals surface area contributed by atoms with Gasteiger partial charge >= 0.3 is 0 Å². The summed E-state index contributed by atoms with van der Waals surface area (Å²) in [5, 5.41) is 10.6. The normalized spacial score (nSPS) is 9.92. The Labute approximate surface area is 70.4 Å². The third-order valence-electron chi connectivity index (χ3n) is 1.92. The van der Waals surface area contributed by atoms with Crippen LogP contribution in [0.3, 0.4) is 0 Å². The fraction of sp³-hybridized carbons (Fsp3) is 0.375. The van der Waals surface area contributed by atoms with Gasteiger partial charge in [-0.25, -0.2) is 0 Å². The van der Waals surface area contributed by atoms with Gasteiger partial charge in [-0.05, 0) is 26.3 Å². The molecule has 1 aromatic rings. The molecule has 0 atom stereocenters. The Morgan fingerprint density at radius 1 is 1.42 bits per heavy atom. The summed E-state index contributed by atoms with van der Waals surface area (Å²) in [5.74, 6) is 0. The van der Waals surface area contributed by atoms with Crippen molar-refractivity contribution in [1.29, 1.82) is 0 Å². The van der Waals surface area contributed by atoms with E-state index in [9.17, 15) is 10.1 Å². The van der Waals surface area contributed by atoms with Gasteiger partial charge in [0, 0.05) is 11.8 Å². The van der Waals surface area contributed by atoms with E-state index in [1.54, 1.807) is 20.0 Å². The molecular formula is C8H10N2O2. The standard InChI is InChI=1S/C8H10N2O2/c1-5-4-9-7(3)8(6(5)2)10(11)12/h4H,1-3H3. The minimum absolute atomic E-state index is 0.134. The Bertz CT molecular complexity index is 334. The Hall–Kier alpha value is -1.45. The summed E-state index contributed by atoms with van der Waals surface area (Å²) in [5.41, 5.74) is 2.16. The molecule has 0 amide bonds. The number of hydrogen-bond donors (Lipinski definition) is 0. The molecule has 64 valence electrons. The zero-order valence-corrected chi connectivity index (χ0v) is 7.29. The van der Waals surface area contributed by atoms with Crippen LogP contribution >= 0.6 is 0 Å². The highest BCUT2D eigenvalue weighted by atomic mass is 16.6. The van der Waals surface area contributed by atoms with E-state index in [-0.39, 0.29) is 10.6 Å². The van der Waals surface area contributed by atoms with Crippen molar-refractivity contribution in [3.8, 4) is 0 Å². The molecule has 0 N–H and O–H groups in total. The average molecular weight is 166 g/mol. The molecule has 12 heavy (non-hydrogen) atoms. The van der Waals surface area contributed by atoms with Gasteiger partial charge in [-0.2, -0.15) is 0 Å². The predicted molar refractivity (Wildman–Crippen MR) is 45.1 cm³/mol. The van der Waals surface area contributed by atoms with E-state index in [1.165, 1.54) is 0 Å². The highest BCUT2D eigenvalue weighted by Crippen LogP contribution is 2.22. The molecule has 0 fully saturated rings. The molecule has 1 aromatic heterocycles. The monoisotopic (exact) mass is 166 g/mol. The summed E-state index contributed by atoms with van der Waals surface area (Å²) >= 11 is 0. The summed E-state index contributed by atoms with van der Waals surface area (Å²) < 4.78 is 0. The van der Waals surface area contributed by atoms with Crippen LogP contribution in [-0.4, -0.2) is 9.91 Å². The van der Waals surface area contributed by atoms with E-state index in [4.69, 9.17) is 0 Å². The average Bonchev–Trinajstić information content (AvgIpc) is 1.97. The van der Waals surface area contributed by atoms with Crippen molar-refractivity contribution in [2.24, 2.45) is 0 Å². The lowest BCUT2D eigenvalue weighted by Gasteiger charge is -2.02. The quantitative estimate of drug-likeness (QED) is 0.473. The maximum absolute atomic E-state index is 10.6. The first kappa shape index (κ1) is 8.64. The molecule has 0 saturated carbocycles. The van der Waals surface area contributed by atoms with Crippen LogP contribution in [0.25, 0.3) is 0 Å². The van der Waals surface area contributed by atoms with Crippen molar-refractivity contribution in [2.45, 2.75) is 20.8 Å². The van der Waals surface area contributed by atoms with Crippen LogP contribution in [0.5, 0.6) is 0 Å². The summed E-state index contributed by atoms with van der Waals surface area (Å²) in [7, 11) is 0. The van der Waals surface area contributed by atoms with Crippen molar-refractivity contribution >= 4 is 5.69 Å². The van der Waals surface area contributed by atoms with E-state index in [1.807, 2.05) is 6.92 Å². The molecule has 0 aliphatic rings. The maximum atomic E-state index is 10.6. The fourth-order valence-electron chi connectivity index (χ4n) is 1.08. The van der Waals surface area contributed by atoms with Gasteiger partial charge in [0.2, 0.25) is 0 Å². The Morgan fingerprint density at radius 2 is 2.00 bits per heavy atom. The van der Waals surface area contributed by atoms with Gasteiger partial charge in [0.1, 0.15) is 5.69 Å². The number of pyridine rings is 1. The van der Waals surface area contributed by atoms with Crippen molar-refractivity contribution in [3.05, 3.63) is 33.1 Å². The minimum atomic E-state index is -0.384. The first-order valence-corrected chi connectivity index (χ1v) is 3.61. The predicted octanol–water partition coefficient (Wildman–Crippen LogP) is 1.92. The lowest BCUT2D eigenvalue weighted by molar-refractivity contribution is -0.386. The molecule has 0 aliphatic heterocycles. The van der Waals surface area contributed by atoms with Crippen molar-refractivity contribution < 1.29 is 4.92 Å². The molecule has 0 unspecified atom stereocenters. The number of nitro groups is 1. The molecule has 4 heteroatoms. The van der Waals surface area contributed by atoms with Crippen molar-refractivity contribution in [1.82, 2.24) is 4.98 Å². The minimum Gasteiger partial charge on any atom is -0.258 e. The van der Waals surface area contributed by atoms with Gasteiger partial charge in [0.15, 0.2) is 0 Å². The molecule has 0 saturated heterocycles. The fourth-order valence-corrected chi connectivity index (χ4v) is 1.08. The van der Waals surface area contributed by atoms with E-state index in [0.29, 0.717) is 11.3 Å². The molecule has 0 bridgehead atoms. The molecule has 1 heterocycles. The first-order valence-electron chi connectivity index (χ1n) is 3.61. The third-order valence-corrected chi connectivity index (χ3v) is 1.92. The van der Waals surface area contributed by atoms with Gasteiger partial charge in [-0.3, -0.25) is 15.1 Å². The topological polar surface area (TPSA) is 56.0 Å². The van der Waals surface area contributed by atoms with Crippen molar-refractivity contribution in [2.75, 3.05) is 0 Å². The highest BCUT2D eigenvalue weighted by Gasteiger charge is 2.16. The zero-order valence-electron chi connectivity index (χ0n) is 7.29. The number of nitrogens with zero attached hydrogens (tertiary/aromatic N) is 2. The van der Waals surface area contributed by atoms with Gasteiger partial charge in [-0.1, -0.05) is 0 Å². The lowest BCUT2D eigenvalue weighted by atomic mass is 10.1. The van der Waals surface area contributed by atoms with Crippen LogP contribution in [0.15, 0.2) is 6.20 Å². The van der Waals surface area contributed by atoms with E-state index in [2.05, 4.69) is 4.98 Å². The molecule has 4 nitrogen and oxygen atoms in total. The summed E-state index contributed by atoms with van der Waals surface area (Å²) in [6.07, 6.45) is 1.65. The van der Waals surface area contributed by atoms with Gasteiger partial charge in [0.25, 0.3) is 5.69 Å². The molecule has 1 rings (SSSR count). The highest BCUT2D eigenvalue weighted by molar-refractivity contribution is 5.46. The number of rotatable bonds is 1. The summed E-state index contributed by atoms with van der Waals surface area (Å²) in [6.45, 7) is 5.20. The van der Waals surface area contributed by atoms with Crippen LogP contribution in [0.2, 0.25) is 0 Å². The Kier molecular flexibility index (Phi) is 2.08. The third kappa shape index (κ3) is 1.28. The Balaban J connectivity index is 3.43. The van der Waals surface area contributed by atoms with Crippen LogP contribution in [0.1, 0.15) is 16.8 Å². The second-order valence-corrected chi connectivity index (χ2v) is 2.76. The number of aromatic nitrogens is 1. The summed E-state index contributed by atoms with van der Waals surface area (Å²) in [6, 6.07) is 0. The van der Waals surface area contributed by atoms with E-state index >= 15 is 0 Å². The molecular weight excluding hydrogens is 156 g/mol. The second-order valence-electron chi connectivity index (χ2n) is 2.76. The second kappa shape index (κ2) is 2.89. The van der Waals surface area contributed by atoms with Crippen LogP contribution in [-0.2, 0) is 0 Å². The smallest absolute Gasteiger partial charge is 0.258 e. The largest absolute Gasteiger partial charge is 0.293 e. The van der Waals surface area contributed by atoms with Gasteiger partial charge in [-0.15, -0.1) is 0 Å². The molecule has 0 aromatic carbocycles. The summed E-state index contributed by atoms with van der Waals surface area (Å²) in [4.78, 5) is 14.1. The SMILES string of the molecule is Cc1cnc(C)c([N+](=O)[O-])c1C. The van der Waals surface area contributed by atoms with Gasteiger partial charge in [0.05, 0.1) is 4.92 Å². The van der Waals surface area contributed by atoms with Gasteiger partial charge < -0.3 is 0 Å². The maximum Gasteiger partial charge on any atom is 0.293 e.